The first kappa shape index (κ1) is 11.8. The van der Waals surface area contributed by atoms with Gasteiger partial charge in [0.05, 0.1) is 0 Å². The number of pyridine rings is 1. The minimum atomic E-state index is -0.299. The zero-order valence-corrected chi connectivity index (χ0v) is 10.6. The molecule has 1 aliphatic rings. The van der Waals surface area contributed by atoms with Crippen LogP contribution < -0.4 is 10.6 Å². The zero-order valence-electron chi connectivity index (χ0n) is 8.97. The maximum absolute atomic E-state index is 13.5. The van der Waals surface area contributed by atoms with Crippen molar-refractivity contribution in [3.8, 4) is 0 Å². The van der Waals surface area contributed by atoms with E-state index in [1.54, 1.807) is 6.20 Å². The van der Waals surface area contributed by atoms with E-state index in [9.17, 15) is 4.39 Å². The molecular weight excluding hydrogens is 273 g/mol. The van der Waals surface area contributed by atoms with Crippen LogP contribution in [0.25, 0.3) is 0 Å². The average Bonchev–Trinajstić information content (AvgIpc) is 2.51. The first-order chi connectivity index (χ1) is 7.75. The van der Waals surface area contributed by atoms with E-state index in [2.05, 4.69) is 31.5 Å². The van der Waals surface area contributed by atoms with E-state index in [-0.39, 0.29) is 5.82 Å². The van der Waals surface area contributed by atoms with E-state index in [0.29, 0.717) is 16.3 Å². The third-order valence-corrected chi connectivity index (χ3v) is 3.16. The first-order valence-corrected chi connectivity index (χ1v) is 6.33. The number of nitrogens with one attached hydrogen (secondary N) is 2. The van der Waals surface area contributed by atoms with Gasteiger partial charge in [-0.05, 0) is 54.3 Å². The van der Waals surface area contributed by atoms with Crippen LogP contribution in [0, 0.1) is 5.82 Å². The van der Waals surface area contributed by atoms with E-state index in [4.69, 9.17) is 0 Å². The van der Waals surface area contributed by atoms with E-state index in [1.165, 1.54) is 6.07 Å². The van der Waals surface area contributed by atoms with Crippen molar-refractivity contribution < 1.29 is 4.39 Å². The standard InChI is InChI=1S/C11H15BrFN3/c12-8-6-10(13)11(15-7-8)16-9-2-1-4-14-5-3-9/h6-7,9,14H,1-5H2,(H,15,16). The monoisotopic (exact) mass is 287 g/mol. The number of anilines is 1. The fourth-order valence-corrected chi connectivity index (χ4v) is 2.18. The van der Waals surface area contributed by atoms with E-state index >= 15 is 0 Å². The van der Waals surface area contributed by atoms with Crippen molar-refractivity contribution in [1.82, 2.24) is 10.3 Å². The number of hydrogen-bond donors (Lipinski definition) is 2. The summed E-state index contributed by atoms with van der Waals surface area (Å²) in [6.07, 6.45) is 4.80. The van der Waals surface area contributed by atoms with Crippen LogP contribution in [-0.4, -0.2) is 24.1 Å². The molecule has 1 fully saturated rings. The Balaban J connectivity index is 2.01. The predicted octanol–water partition coefficient (Wildman–Crippen LogP) is 2.54. The van der Waals surface area contributed by atoms with Crippen LogP contribution in [-0.2, 0) is 0 Å². The first-order valence-electron chi connectivity index (χ1n) is 5.54. The Morgan fingerprint density at radius 3 is 3.12 bits per heavy atom. The van der Waals surface area contributed by atoms with Crippen LogP contribution in [0.4, 0.5) is 10.2 Å². The van der Waals surface area contributed by atoms with E-state index in [1.807, 2.05) is 0 Å². The maximum atomic E-state index is 13.5. The quantitative estimate of drug-likeness (QED) is 0.878. The van der Waals surface area contributed by atoms with Gasteiger partial charge in [0, 0.05) is 16.7 Å². The minimum Gasteiger partial charge on any atom is -0.365 e. The van der Waals surface area contributed by atoms with Gasteiger partial charge in [-0.2, -0.15) is 0 Å². The lowest BCUT2D eigenvalue weighted by Crippen LogP contribution is -2.22. The number of rotatable bonds is 2. The molecule has 1 aromatic rings. The fraction of sp³-hybridized carbons (Fsp3) is 0.545. The van der Waals surface area contributed by atoms with Crippen LogP contribution >= 0.6 is 15.9 Å². The topological polar surface area (TPSA) is 37.0 Å². The Hall–Kier alpha value is -0.680. The van der Waals surface area contributed by atoms with Crippen LogP contribution in [0.2, 0.25) is 0 Å². The van der Waals surface area contributed by atoms with Crippen molar-refractivity contribution in [2.24, 2.45) is 0 Å². The largest absolute Gasteiger partial charge is 0.365 e. The number of aromatic nitrogens is 1. The summed E-state index contributed by atoms with van der Waals surface area (Å²) in [6, 6.07) is 1.75. The van der Waals surface area contributed by atoms with Crippen LogP contribution in [0.15, 0.2) is 16.7 Å². The molecule has 2 N–H and O–H groups in total. The van der Waals surface area contributed by atoms with E-state index < -0.39 is 0 Å². The molecule has 1 aromatic heterocycles. The van der Waals surface area contributed by atoms with E-state index in [0.717, 1.165) is 32.4 Å². The maximum Gasteiger partial charge on any atom is 0.166 e. The molecule has 1 aliphatic heterocycles. The molecule has 2 rings (SSSR count). The van der Waals surface area contributed by atoms with Gasteiger partial charge >= 0.3 is 0 Å². The molecule has 1 atom stereocenters. The third kappa shape index (κ3) is 3.15. The molecule has 0 radical (unpaired) electrons. The molecule has 2 heterocycles. The summed E-state index contributed by atoms with van der Waals surface area (Å²) in [5.74, 6) is 0.0571. The Morgan fingerprint density at radius 2 is 2.31 bits per heavy atom. The van der Waals surface area contributed by atoms with Gasteiger partial charge in [0.15, 0.2) is 11.6 Å². The van der Waals surface area contributed by atoms with Crippen molar-refractivity contribution in [3.05, 3.63) is 22.6 Å². The smallest absolute Gasteiger partial charge is 0.166 e. The van der Waals surface area contributed by atoms with Gasteiger partial charge in [-0.1, -0.05) is 0 Å². The molecule has 0 aliphatic carbocycles. The molecule has 1 saturated heterocycles. The lowest BCUT2D eigenvalue weighted by Gasteiger charge is -2.16. The Kier molecular flexibility index (Phi) is 4.12. The lowest BCUT2D eigenvalue weighted by atomic mass is 10.1. The van der Waals surface area contributed by atoms with Gasteiger partial charge in [-0.15, -0.1) is 0 Å². The lowest BCUT2D eigenvalue weighted by molar-refractivity contribution is 0.598. The molecule has 0 saturated carbocycles. The van der Waals surface area contributed by atoms with Crippen LogP contribution in [0.1, 0.15) is 19.3 Å². The van der Waals surface area contributed by atoms with Gasteiger partial charge in [-0.3, -0.25) is 0 Å². The molecule has 0 bridgehead atoms. The molecule has 5 heteroatoms. The third-order valence-electron chi connectivity index (χ3n) is 2.72. The Bertz CT molecular complexity index is 351. The summed E-state index contributed by atoms with van der Waals surface area (Å²) in [6.45, 7) is 2.03. The van der Waals surface area contributed by atoms with Gasteiger partial charge in [0.1, 0.15) is 0 Å². The molecule has 1 unspecified atom stereocenters. The summed E-state index contributed by atoms with van der Waals surface area (Å²) < 4.78 is 14.2. The van der Waals surface area contributed by atoms with Crippen LogP contribution in [0.5, 0.6) is 0 Å². The molecule has 0 aromatic carbocycles. The van der Waals surface area contributed by atoms with Crippen LogP contribution in [0.3, 0.4) is 0 Å². The van der Waals surface area contributed by atoms with Gasteiger partial charge in [0.25, 0.3) is 0 Å². The van der Waals surface area contributed by atoms with Crippen molar-refractivity contribution in [3.63, 3.8) is 0 Å². The normalized spacial score (nSPS) is 21.5. The van der Waals surface area contributed by atoms with Gasteiger partial charge < -0.3 is 10.6 Å². The number of hydrogen-bond acceptors (Lipinski definition) is 3. The van der Waals surface area contributed by atoms with Crippen molar-refractivity contribution in [2.45, 2.75) is 25.3 Å². The summed E-state index contributed by atoms with van der Waals surface area (Å²) >= 11 is 3.19. The Morgan fingerprint density at radius 1 is 1.44 bits per heavy atom. The zero-order chi connectivity index (χ0) is 11.4. The highest BCUT2D eigenvalue weighted by Crippen LogP contribution is 2.18. The van der Waals surface area contributed by atoms with Gasteiger partial charge in [0.2, 0.25) is 0 Å². The molecule has 0 amide bonds. The second-order valence-corrected chi connectivity index (χ2v) is 4.92. The van der Waals surface area contributed by atoms with Crippen molar-refractivity contribution >= 4 is 21.7 Å². The van der Waals surface area contributed by atoms with Crippen molar-refractivity contribution in [1.29, 1.82) is 0 Å². The predicted molar refractivity (Wildman–Crippen MR) is 66.0 cm³/mol. The Labute approximate surface area is 103 Å². The summed E-state index contributed by atoms with van der Waals surface area (Å²) in [4.78, 5) is 4.05. The molecule has 88 valence electrons. The average molecular weight is 288 g/mol. The number of halogens is 2. The van der Waals surface area contributed by atoms with Crippen molar-refractivity contribution in [2.75, 3.05) is 18.4 Å². The second kappa shape index (κ2) is 5.59. The number of nitrogens with zero attached hydrogens (tertiary/aromatic N) is 1. The highest BCUT2D eigenvalue weighted by molar-refractivity contribution is 9.10. The molecule has 0 spiro atoms. The molecule has 16 heavy (non-hydrogen) atoms. The molecule has 3 nitrogen and oxygen atoms in total. The highest BCUT2D eigenvalue weighted by Gasteiger charge is 2.14. The summed E-state index contributed by atoms with van der Waals surface area (Å²) in [7, 11) is 0. The minimum absolute atomic E-state index is 0.299. The summed E-state index contributed by atoms with van der Waals surface area (Å²) in [5, 5.41) is 6.49. The van der Waals surface area contributed by atoms with Gasteiger partial charge in [-0.25, -0.2) is 9.37 Å². The highest BCUT2D eigenvalue weighted by atomic mass is 79.9. The summed E-state index contributed by atoms with van der Waals surface area (Å²) in [5.41, 5.74) is 0. The SMILES string of the molecule is Fc1cc(Br)cnc1NC1CCCNCC1. The molecular formula is C11H15BrFN3. The fourth-order valence-electron chi connectivity index (χ4n) is 1.88. The second-order valence-electron chi connectivity index (χ2n) is 4.01.